The summed E-state index contributed by atoms with van der Waals surface area (Å²) in [4.78, 5) is 0.153. The zero-order valence-corrected chi connectivity index (χ0v) is 12.7. The van der Waals surface area contributed by atoms with Crippen molar-refractivity contribution in [2.75, 3.05) is 33.1 Å². The summed E-state index contributed by atoms with van der Waals surface area (Å²) >= 11 is 0. The molecule has 0 aliphatic heterocycles. The Morgan fingerprint density at radius 2 is 1.95 bits per heavy atom. The lowest BCUT2D eigenvalue weighted by atomic mass is 10.2. The zero-order valence-electron chi connectivity index (χ0n) is 11.9. The van der Waals surface area contributed by atoms with Gasteiger partial charge < -0.3 is 15.2 Å². The van der Waals surface area contributed by atoms with Crippen LogP contribution in [-0.4, -0.2) is 35.8 Å². The van der Waals surface area contributed by atoms with E-state index < -0.39 is 10.0 Å². The van der Waals surface area contributed by atoms with Gasteiger partial charge in [-0.25, -0.2) is 13.1 Å². The molecule has 0 saturated heterocycles. The smallest absolute Gasteiger partial charge is 0.240 e. The van der Waals surface area contributed by atoms with Gasteiger partial charge in [0, 0.05) is 26.3 Å². The van der Waals surface area contributed by atoms with E-state index in [0.717, 1.165) is 19.3 Å². The zero-order chi connectivity index (χ0) is 15.0. The number of sulfonamides is 1. The van der Waals surface area contributed by atoms with Crippen molar-refractivity contribution in [1.82, 2.24) is 4.72 Å². The van der Waals surface area contributed by atoms with Crippen LogP contribution in [0.25, 0.3) is 0 Å². The van der Waals surface area contributed by atoms with Gasteiger partial charge in [0.25, 0.3) is 0 Å². The van der Waals surface area contributed by atoms with Crippen molar-refractivity contribution in [2.45, 2.75) is 24.2 Å². The predicted molar refractivity (Wildman–Crippen MR) is 78.3 cm³/mol. The maximum atomic E-state index is 12.1. The van der Waals surface area contributed by atoms with E-state index in [-0.39, 0.29) is 4.90 Å². The monoisotopic (exact) mass is 302 g/mol. The van der Waals surface area contributed by atoms with Crippen molar-refractivity contribution >= 4 is 15.7 Å². The number of hydrogen-bond acceptors (Lipinski definition) is 5. The lowest BCUT2D eigenvalue weighted by molar-refractivity contribution is 0.192. The van der Waals surface area contributed by atoms with Crippen LogP contribution < -0.4 is 15.2 Å². The molecule has 7 heteroatoms. The lowest BCUT2D eigenvalue weighted by Gasteiger charge is -2.09. The van der Waals surface area contributed by atoms with Gasteiger partial charge in [-0.1, -0.05) is 0 Å². The van der Waals surface area contributed by atoms with Crippen LogP contribution in [0.4, 0.5) is 5.69 Å². The first kappa shape index (κ1) is 16.7. The number of methoxy groups -OCH3 is 2. The second-order valence-electron chi connectivity index (χ2n) is 4.35. The number of hydrogen-bond donors (Lipinski definition) is 2. The summed E-state index contributed by atoms with van der Waals surface area (Å²) in [6.07, 6.45) is 2.62. The second kappa shape index (κ2) is 8.08. The average Bonchev–Trinajstić information content (AvgIpc) is 2.43. The van der Waals surface area contributed by atoms with Gasteiger partial charge >= 0.3 is 0 Å². The van der Waals surface area contributed by atoms with E-state index in [9.17, 15) is 8.42 Å². The number of nitrogen functional groups attached to an aromatic ring is 1. The molecule has 0 atom stereocenters. The molecule has 1 aromatic carbocycles. The number of anilines is 1. The number of nitrogens with one attached hydrogen (secondary N) is 1. The van der Waals surface area contributed by atoms with Crippen LogP contribution in [-0.2, 0) is 14.8 Å². The van der Waals surface area contributed by atoms with E-state index >= 15 is 0 Å². The molecule has 1 rings (SSSR count). The van der Waals surface area contributed by atoms with Gasteiger partial charge in [-0.15, -0.1) is 0 Å². The van der Waals surface area contributed by atoms with Crippen LogP contribution in [0.3, 0.4) is 0 Å². The lowest BCUT2D eigenvalue weighted by Crippen LogP contribution is -2.24. The highest BCUT2D eigenvalue weighted by Crippen LogP contribution is 2.24. The van der Waals surface area contributed by atoms with Gasteiger partial charge in [-0.2, -0.15) is 0 Å². The molecule has 0 bridgehead atoms. The fourth-order valence-electron chi connectivity index (χ4n) is 1.70. The number of nitrogens with two attached hydrogens (primary N) is 1. The summed E-state index contributed by atoms with van der Waals surface area (Å²) in [5.74, 6) is 0.355. The van der Waals surface area contributed by atoms with Gasteiger partial charge in [0.1, 0.15) is 5.75 Å². The van der Waals surface area contributed by atoms with Gasteiger partial charge in [-0.3, -0.25) is 0 Å². The minimum atomic E-state index is -3.52. The summed E-state index contributed by atoms with van der Waals surface area (Å²) in [5, 5.41) is 0. The Bertz CT molecular complexity index is 517. The van der Waals surface area contributed by atoms with E-state index in [0.29, 0.717) is 24.6 Å². The van der Waals surface area contributed by atoms with Crippen molar-refractivity contribution in [3.8, 4) is 5.75 Å². The molecule has 114 valence electrons. The van der Waals surface area contributed by atoms with Crippen LogP contribution >= 0.6 is 0 Å². The van der Waals surface area contributed by atoms with E-state index in [4.69, 9.17) is 15.2 Å². The molecule has 0 radical (unpaired) electrons. The standard InChI is InChI=1S/C13H22N2O4S/c1-18-9-5-3-4-8-15-20(16,17)11-6-7-12(14)13(10-11)19-2/h6-7,10,15H,3-5,8-9,14H2,1-2H3. The van der Waals surface area contributed by atoms with Gasteiger partial charge in [-0.05, 0) is 31.4 Å². The van der Waals surface area contributed by atoms with Crippen molar-refractivity contribution in [3.05, 3.63) is 18.2 Å². The van der Waals surface area contributed by atoms with Crippen molar-refractivity contribution < 1.29 is 17.9 Å². The quantitative estimate of drug-likeness (QED) is 0.531. The molecule has 3 N–H and O–H groups in total. The molecule has 0 fully saturated rings. The average molecular weight is 302 g/mol. The summed E-state index contributed by atoms with van der Waals surface area (Å²) in [6, 6.07) is 4.40. The molecule has 0 saturated carbocycles. The number of unbranched alkanes of at least 4 members (excludes halogenated alkanes) is 2. The van der Waals surface area contributed by atoms with Crippen LogP contribution in [0.2, 0.25) is 0 Å². The SMILES string of the molecule is COCCCCCNS(=O)(=O)c1ccc(N)c(OC)c1. The molecule has 0 aromatic heterocycles. The van der Waals surface area contributed by atoms with Crippen molar-refractivity contribution in [2.24, 2.45) is 0 Å². The third kappa shape index (κ3) is 4.99. The maximum Gasteiger partial charge on any atom is 0.240 e. The van der Waals surface area contributed by atoms with Crippen LogP contribution in [0, 0.1) is 0 Å². The molecule has 0 amide bonds. The fourth-order valence-corrected chi connectivity index (χ4v) is 2.79. The molecule has 0 spiro atoms. The van der Waals surface area contributed by atoms with Crippen LogP contribution in [0.15, 0.2) is 23.1 Å². The molecule has 0 aliphatic carbocycles. The summed E-state index contributed by atoms with van der Waals surface area (Å²) < 4.78 is 36.6. The van der Waals surface area contributed by atoms with Crippen LogP contribution in [0.5, 0.6) is 5.75 Å². The third-order valence-corrected chi connectivity index (χ3v) is 4.29. The highest BCUT2D eigenvalue weighted by molar-refractivity contribution is 7.89. The molecule has 20 heavy (non-hydrogen) atoms. The second-order valence-corrected chi connectivity index (χ2v) is 6.12. The molecular weight excluding hydrogens is 280 g/mol. The minimum Gasteiger partial charge on any atom is -0.495 e. The molecule has 0 heterocycles. The molecule has 6 nitrogen and oxygen atoms in total. The predicted octanol–water partition coefficient (Wildman–Crippen LogP) is 1.37. The largest absolute Gasteiger partial charge is 0.495 e. The minimum absolute atomic E-state index is 0.153. The Hall–Kier alpha value is -1.31. The summed E-state index contributed by atoms with van der Waals surface area (Å²) in [7, 11) is -0.419. The normalized spacial score (nSPS) is 11.5. The van der Waals surface area contributed by atoms with Crippen molar-refractivity contribution in [3.63, 3.8) is 0 Å². The molecular formula is C13H22N2O4S. The number of benzene rings is 1. The fraction of sp³-hybridized carbons (Fsp3) is 0.538. The Labute approximate surface area is 120 Å². The first-order valence-corrected chi connectivity index (χ1v) is 7.91. The Morgan fingerprint density at radius 3 is 2.60 bits per heavy atom. The first-order chi connectivity index (χ1) is 9.51. The Balaban J connectivity index is 2.56. The van der Waals surface area contributed by atoms with E-state index in [2.05, 4.69) is 4.72 Å². The summed E-state index contributed by atoms with van der Waals surface area (Å²) in [5.41, 5.74) is 6.07. The highest BCUT2D eigenvalue weighted by Gasteiger charge is 2.15. The van der Waals surface area contributed by atoms with Gasteiger partial charge in [0.15, 0.2) is 0 Å². The highest BCUT2D eigenvalue weighted by atomic mass is 32.2. The molecule has 0 aliphatic rings. The number of ether oxygens (including phenoxy) is 2. The molecule has 0 unspecified atom stereocenters. The maximum absolute atomic E-state index is 12.1. The van der Waals surface area contributed by atoms with Crippen molar-refractivity contribution in [1.29, 1.82) is 0 Å². The third-order valence-electron chi connectivity index (χ3n) is 2.83. The van der Waals surface area contributed by atoms with Crippen LogP contribution in [0.1, 0.15) is 19.3 Å². The Kier molecular flexibility index (Phi) is 6.77. The Morgan fingerprint density at radius 1 is 1.20 bits per heavy atom. The summed E-state index contributed by atoms with van der Waals surface area (Å²) in [6.45, 7) is 1.10. The van der Waals surface area contributed by atoms with Gasteiger partial charge in [0.05, 0.1) is 17.7 Å². The van der Waals surface area contributed by atoms with E-state index in [1.165, 1.54) is 25.3 Å². The number of rotatable bonds is 9. The van der Waals surface area contributed by atoms with Gasteiger partial charge in [0.2, 0.25) is 10.0 Å². The van der Waals surface area contributed by atoms with E-state index in [1.807, 2.05) is 0 Å². The molecule has 1 aromatic rings. The van der Waals surface area contributed by atoms with E-state index in [1.54, 1.807) is 7.11 Å². The topological polar surface area (TPSA) is 90.7 Å². The first-order valence-electron chi connectivity index (χ1n) is 6.43.